The molecule has 0 aliphatic carbocycles. The molecule has 0 aliphatic heterocycles. The molecule has 254 valence electrons. The second-order valence-corrected chi connectivity index (χ2v) is 13.9. The Morgan fingerprint density at radius 3 is 1.44 bits per heavy atom. The van der Waals surface area contributed by atoms with E-state index >= 15 is 0 Å². The van der Waals surface area contributed by atoms with Crippen molar-refractivity contribution in [3.05, 3.63) is 187 Å². The first-order chi connectivity index (χ1) is 27.2. The number of benzene rings is 8. The van der Waals surface area contributed by atoms with Crippen LogP contribution in [0, 0.1) is 22.7 Å². The number of rotatable bonds is 4. The van der Waals surface area contributed by atoms with Crippen molar-refractivity contribution in [3.8, 4) is 40.3 Å². The molecule has 0 N–H and O–H groups in total. The lowest BCUT2D eigenvalue weighted by molar-refractivity contribution is 1.13. The van der Waals surface area contributed by atoms with Crippen LogP contribution in [0.3, 0.4) is 0 Å². The van der Waals surface area contributed by atoms with Crippen LogP contribution in [0.5, 0.6) is 0 Å². The summed E-state index contributed by atoms with van der Waals surface area (Å²) < 4.78 is 6.88. The molecule has 0 atom stereocenters. The minimum Gasteiger partial charge on any atom is -0.308 e. The van der Waals surface area contributed by atoms with Crippen molar-refractivity contribution in [3.63, 3.8) is 0 Å². The van der Waals surface area contributed by atoms with Gasteiger partial charge in [-0.15, -0.1) is 0 Å². The first-order valence-electron chi connectivity index (χ1n) is 18.3. The zero-order chi connectivity index (χ0) is 36.6. The van der Waals surface area contributed by atoms with Gasteiger partial charge in [-0.25, -0.2) is 0 Å². The molecule has 0 aliphatic rings. The molecule has 0 unspecified atom stereocenters. The van der Waals surface area contributed by atoms with Crippen LogP contribution in [-0.4, -0.2) is 13.7 Å². The quantitative estimate of drug-likeness (QED) is 0.184. The highest BCUT2D eigenvalue weighted by Gasteiger charge is 2.23. The van der Waals surface area contributed by atoms with Crippen LogP contribution in [0.1, 0.15) is 11.1 Å². The molecule has 55 heavy (non-hydrogen) atoms. The summed E-state index contributed by atoms with van der Waals surface area (Å²) in [6, 6.07) is 65.9. The van der Waals surface area contributed by atoms with Crippen molar-refractivity contribution in [2.75, 3.05) is 0 Å². The van der Waals surface area contributed by atoms with E-state index in [1.165, 1.54) is 10.8 Å². The van der Waals surface area contributed by atoms with Gasteiger partial charge in [0, 0.05) is 49.1 Å². The molecule has 3 aromatic heterocycles. The Hall–Kier alpha value is -7.86. The van der Waals surface area contributed by atoms with Crippen molar-refractivity contribution in [2.45, 2.75) is 0 Å². The molecule has 5 heteroatoms. The van der Waals surface area contributed by atoms with Gasteiger partial charge < -0.3 is 13.7 Å². The Labute approximate surface area is 316 Å². The Bertz CT molecular complexity index is 3420. The van der Waals surface area contributed by atoms with Crippen LogP contribution in [0.25, 0.3) is 93.6 Å². The third-order valence-electron chi connectivity index (χ3n) is 11.1. The van der Waals surface area contributed by atoms with Gasteiger partial charge in [-0.2, -0.15) is 10.5 Å². The fraction of sp³-hybridized carbons (Fsp3) is 0. The molecule has 0 bridgehead atoms. The maximum absolute atomic E-state index is 10.8. The third kappa shape index (κ3) is 4.33. The smallest absolute Gasteiger partial charge is 0.101 e. The summed E-state index contributed by atoms with van der Waals surface area (Å²) >= 11 is 0. The van der Waals surface area contributed by atoms with E-state index < -0.39 is 0 Å². The largest absolute Gasteiger partial charge is 0.308 e. The number of hydrogen-bond acceptors (Lipinski definition) is 2. The standard InChI is InChI=1S/C50H29N5/c51-30-32-13-11-19-41-39-17-4-6-21-43(39)53(49(32)41)34-27-28-35(33(29-34)31-52)36-14-1-9-24-46(36)55-47-25-10-5-18-40(47)42-20-12-26-48(50(42)55)54-44-22-7-2-15-37(44)38-16-3-8-23-45(38)54/h1-29H. The van der Waals surface area contributed by atoms with E-state index in [4.69, 9.17) is 0 Å². The minimum atomic E-state index is 0.550. The zero-order valence-electron chi connectivity index (χ0n) is 29.5. The number of fused-ring (bicyclic) bond motifs is 9. The summed E-state index contributed by atoms with van der Waals surface area (Å²) in [5.74, 6) is 0. The second-order valence-electron chi connectivity index (χ2n) is 13.9. The number of para-hydroxylation sites is 7. The number of aromatic nitrogens is 3. The van der Waals surface area contributed by atoms with Gasteiger partial charge in [-0.1, -0.05) is 121 Å². The van der Waals surface area contributed by atoms with Gasteiger partial charge in [-0.05, 0) is 54.6 Å². The van der Waals surface area contributed by atoms with E-state index in [-0.39, 0.29) is 0 Å². The monoisotopic (exact) mass is 699 g/mol. The molecule has 0 spiro atoms. The minimum absolute atomic E-state index is 0.550. The van der Waals surface area contributed by atoms with Gasteiger partial charge >= 0.3 is 0 Å². The predicted molar refractivity (Wildman–Crippen MR) is 224 cm³/mol. The van der Waals surface area contributed by atoms with Gasteiger partial charge in [0.2, 0.25) is 0 Å². The van der Waals surface area contributed by atoms with Crippen LogP contribution < -0.4 is 0 Å². The summed E-state index contributed by atoms with van der Waals surface area (Å²) in [6.45, 7) is 0. The van der Waals surface area contributed by atoms with Gasteiger partial charge in [0.1, 0.15) is 6.07 Å². The van der Waals surface area contributed by atoms with E-state index in [1.807, 2.05) is 36.4 Å². The Balaban J connectivity index is 1.19. The second kappa shape index (κ2) is 11.8. The number of hydrogen-bond donors (Lipinski definition) is 0. The Kier molecular flexibility index (Phi) is 6.61. The van der Waals surface area contributed by atoms with Gasteiger partial charge in [0.05, 0.1) is 61.7 Å². The lowest BCUT2D eigenvalue weighted by atomic mass is 9.97. The van der Waals surface area contributed by atoms with Crippen molar-refractivity contribution in [1.29, 1.82) is 10.5 Å². The van der Waals surface area contributed by atoms with E-state index in [0.717, 1.165) is 82.8 Å². The summed E-state index contributed by atoms with van der Waals surface area (Å²) in [7, 11) is 0. The molecule has 0 amide bonds. The Morgan fingerprint density at radius 2 is 0.800 bits per heavy atom. The highest BCUT2D eigenvalue weighted by Crippen LogP contribution is 2.42. The molecular weight excluding hydrogens is 671 g/mol. The molecule has 5 nitrogen and oxygen atoms in total. The topological polar surface area (TPSA) is 62.4 Å². The lowest BCUT2D eigenvalue weighted by Gasteiger charge is -2.18. The third-order valence-corrected chi connectivity index (χ3v) is 11.1. The van der Waals surface area contributed by atoms with Crippen LogP contribution in [0.2, 0.25) is 0 Å². The maximum Gasteiger partial charge on any atom is 0.101 e. The number of nitrogens with zero attached hydrogens (tertiary/aromatic N) is 5. The average molecular weight is 700 g/mol. The van der Waals surface area contributed by atoms with Gasteiger partial charge in [0.15, 0.2) is 0 Å². The van der Waals surface area contributed by atoms with Crippen molar-refractivity contribution >= 4 is 65.4 Å². The summed E-state index contributed by atoms with van der Waals surface area (Å²) in [5, 5.41) is 27.8. The van der Waals surface area contributed by atoms with Crippen LogP contribution >= 0.6 is 0 Å². The molecule has 11 aromatic rings. The number of nitriles is 2. The average Bonchev–Trinajstić information content (AvgIpc) is 3.89. The fourth-order valence-corrected chi connectivity index (χ4v) is 8.89. The van der Waals surface area contributed by atoms with Crippen molar-refractivity contribution in [1.82, 2.24) is 13.7 Å². The molecule has 11 rings (SSSR count). The van der Waals surface area contributed by atoms with E-state index in [2.05, 4.69) is 165 Å². The van der Waals surface area contributed by atoms with E-state index in [9.17, 15) is 10.5 Å². The van der Waals surface area contributed by atoms with Crippen LogP contribution in [0.15, 0.2) is 176 Å². The molecular formula is C50H29N5. The first-order valence-corrected chi connectivity index (χ1v) is 18.3. The summed E-state index contributed by atoms with van der Waals surface area (Å²) in [4.78, 5) is 0. The fourth-order valence-electron chi connectivity index (χ4n) is 8.89. The predicted octanol–water partition coefficient (Wildman–Crippen LogP) is 12.4. The Morgan fingerprint density at radius 1 is 0.327 bits per heavy atom. The van der Waals surface area contributed by atoms with Gasteiger partial charge in [-0.3, -0.25) is 0 Å². The molecule has 0 saturated heterocycles. The van der Waals surface area contributed by atoms with Crippen molar-refractivity contribution < 1.29 is 0 Å². The first kappa shape index (κ1) is 30.7. The zero-order valence-corrected chi connectivity index (χ0v) is 29.5. The molecule has 3 heterocycles. The lowest BCUT2D eigenvalue weighted by Crippen LogP contribution is -2.03. The summed E-state index contributed by atoms with van der Waals surface area (Å²) in [5.41, 5.74) is 12.1. The normalized spacial score (nSPS) is 11.6. The maximum atomic E-state index is 10.8. The van der Waals surface area contributed by atoms with Crippen LogP contribution in [-0.2, 0) is 0 Å². The van der Waals surface area contributed by atoms with Crippen LogP contribution in [0.4, 0.5) is 0 Å². The summed E-state index contributed by atoms with van der Waals surface area (Å²) in [6.07, 6.45) is 0. The van der Waals surface area contributed by atoms with E-state index in [1.54, 1.807) is 0 Å². The molecule has 0 saturated carbocycles. The molecule has 8 aromatic carbocycles. The highest BCUT2D eigenvalue weighted by molar-refractivity contribution is 6.15. The highest BCUT2D eigenvalue weighted by atomic mass is 15.1. The van der Waals surface area contributed by atoms with Crippen molar-refractivity contribution in [2.24, 2.45) is 0 Å². The van der Waals surface area contributed by atoms with Gasteiger partial charge in [0.25, 0.3) is 0 Å². The SMILES string of the molecule is N#Cc1cc(-n2c3ccccc3c3cccc(C#N)c32)ccc1-c1ccccc1-n1c2ccccc2c2cccc(-n3c4ccccc4c4ccccc43)c21. The molecule has 0 radical (unpaired) electrons. The molecule has 0 fully saturated rings. The van der Waals surface area contributed by atoms with E-state index in [0.29, 0.717) is 11.1 Å².